The number of carbonyl (C=O) groups is 2. The first-order chi connectivity index (χ1) is 13.7. The lowest BCUT2D eigenvalue weighted by Gasteiger charge is -2.31. The molecule has 0 aliphatic heterocycles. The molecule has 1 aromatic carbocycles. The van der Waals surface area contributed by atoms with Crippen LogP contribution in [0.2, 0.25) is 0 Å². The summed E-state index contributed by atoms with van der Waals surface area (Å²) in [7, 11) is 0. The average molecular weight is 377 g/mol. The predicted molar refractivity (Wildman–Crippen MR) is 103 cm³/mol. The summed E-state index contributed by atoms with van der Waals surface area (Å²) in [5, 5.41) is 15.1. The maximum absolute atomic E-state index is 12.8. The van der Waals surface area contributed by atoms with Crippen molar-refractivity contribution in [3.63, 3.8) is 0 Å². The molecule has 0 radical (unpaired) electrons. The predicted octanol–water partition coefficient (Wildman–Crippen LogP) is 2.34. The number of nitriles is 1. The van der Waals surface area contributed by atoms with Gasteiger partial charge in [0, 0.05) is 6.04 Å². The molecule has 3 atom stereocenters. The van der Waals surface area contributed by atoms with Crippen LogP contribution in [-0.4, -0.2) is 33.9 Å². The average Bonchev–Trinajstić information content (AvgIpc) is 3.57. The number of benzene rings is 1. The number of carbonyl (C=O) groups excluding carboxylic acids is 2. The summed E-state index contributed by atoms with van der Waals surface area (Å²) < 4.78 is 0. The molecule has 0 saturated heterocycles. The van der Waals surface area contributed by atoms with Crippen molar-refractivity contribution < 1.29 is 9.59 Å². The van der Waals surface area contributed by atoms with Crippen molar-refractivity contribution in [2.75, 3.05) is 0 Å². The summed E-state index contributed by atoms with van der Waals surface area (Å²) in [6.07, 6.45) is 6.81. The number of nitrogens with one attached hydrogen (secondary N) is 2. The van der Waals surface area contributed by atoms with Gasteiger partial charge < -0.3 is 10.6 Å². The minimum atomic E-state index is -0.419. The molecule has 2 amide bonds. The number of fused-ring (bicyclic) bond motifs is 1. The number of aromatic nitrogens is 2. The Morgan fingerprint density at radius 2 is 1.86 bits per heavy atom. The molecule has 7 heteroatoms. The monoisotopic (exact) mass is 377 g/mol. The normalized spacial score (nSPS) is 22.8. The Bertz CT molecular complexity index is 934. The molecule has 144 valence electrons. The molecule has 1 unspecified atom stereocenters. The third-order valence-corrected chi connectivity index (χ3v) is 5.63. The van der Waals surface area contributed by atoms with E-state index in [4.69, 9.17) is 0 Å². The van der Waals surface area contributed by atoms with Crippen molar-refractivity contribution in [1.29, 1.82) is 5.26 Å². The number of para-hydroxylation sites is 2. The second kappa shape index (κ2) is 7.93. The molecule has 2 saturated carbocycles. The van der Waals surface area contributed by atoms with E-state index in [1.807, 2.05) is 24.3 Å². The van der Waals surface area contributed by atoms with Crippen LogP contribution in [-0.2, 0) is 4.79 Å². The standard InChI is InChI=1S/C21H23N5O2/c22-11-18(13-9-10-13)26-20(27)14-5-1-2-6-15(14)25-21(28)19-12-23-16-7-3-4-8-17(16)24-19/h3-4,7-8,12-15,18H,1-2,5-6,9-10H2,(H,25,28)(H,26,27)/t14-,15+,18?/m1/s1. The summed E-state index contributed by atoms with van der Waals surface area (Å²) in [6.45, 7) is 0. The van der Waals surface area contributed by atoms with E-state index in [9.17, 15) is 14.9 Å². The molecule has 2 aromatic rings. The Hall–Kier alpha value is -3.01. The van der Waals surface area contributed by atoms with Crippen LogP contribution in [0.5, 0.6) is 0 Å². The molecule has 2 aliphatic rings. The van der Waals surface area contributed by atoms with Gasteiger partial charge in [-0.2, -0.15) is 5.26 Å². The van der Waals surface area contributed by atoms with Crippen LogP contribution >= 0.6 is 0 Å². The molecule has 0 spiro atoms. The Morgan fingerprint density at radius 3 is 2.61 bits per heavy atom. The summed E-state index contributed by atoms with van der Waals surface area (Å²) >= 11 is 0. The van der Waals surface area contributed by atoms with E-state index in [2.05, 4.69) is 26.7 Å². The van der Waals surface area contributed by atoms with Gasteiger partial charge in [0.2, 0.25) is 5.91 Å². The van der Waals surface area contributed by atoms with Gasteiger partial charge in [0.15, 0.2) is 0 Å². The maximum atomic E-state index is 12.8. The Morgan fingerprint density at radius 1 is 1.11 bits per heavy atom. The highest BCUT2D eigenvalue weighted by atomic mass is 16.2. The molecule has 7 nitrogen and oxygen atoms in total. The zero-order valence-corrected chi connectivity index (χ0v) is 15.6. The van der Waals surface area contributed by atoms with E-state index >= 15 is 0 Å². The minimum absolute atomic E-state index is 0.131. The lowest BCUT2D eigenvalue weighted by Crippen LogP contribution is -2.50. The van der Waals surface area contributed by atoms with Gasteiger partial charge in [-0.3, -0.25) is 14.6 Å². The van der Waals surface area contributed by atoms with E-state index in [1.165, 1.54) is 6.20 Å². The van der Waals surface area contributed by atoms with Crippen LogP contribution in [0.1, 0.15) is 49.0 Å². The van der Waals surface area contributed by atoms with Gasteiger partial charge in [0.1, 0.15) is 11.7 Å². The second-order valence-corrected chi connectivity index (χ2v) is 7.67. The smallest absolute Gasteiger partial charge is 0.271 e. The van der Waals surface area contributed by atoms with Gasteiger partial charge in [0.05, 0.1) is 29.2 Å². The molecule has 28 heavy (non-hydrogen) atoms. The number of amides is 2. The van der Waals surface area contributed by atoms with E-state index in [1.54, 1.807) is 0 Å². The van der Waals surface area contributed by atoms with Crippen LogP contribution in [0.4, 0.5) is 0 Å². The van der Waals surface area contributed by atoms with Crippen molar-refractivity contribution in [3.05, 3.63) is 36.2 Å². The minimum Gasteiger partial charge on any atom is -0.347 e. The van der Waals surface area contributed by atoms with E-state index in [-0.39, 0.29) is 35.4 Å². The zero-order valence-electron chi connectivity index (χ0n) is 15.6. The van der Waals surface area contributed by atoms with Crippen LogP contribution in [0.15, 0.2) is 30.5 Å². The van der Waals surface area contributed by atoms with E-state index < -0.39 is 6.04 Å². The number of hydrogen-bond acceptors (Lipinski definition) is 5. The lowest BCUT2D eigenvalue weighted by atomic mass is 9.83. The van der Waals surface area contributed by atoms with Gasteiger partial charge in [-0.15, -0.1) is 0 Å². The van der Waals surface area contributed by atoms with Crippen LogP contribution in [0.25, 0.3) is 11.0 Å². The Kier molecular flexibility index (Phi) is 5.20. The zero-order chi connectivity index (χ0) is 19.5. The fourth-order valence-corrected chi connectivity index (χ4v) is 3.87. The summed E-state index contributed by atoms with van der Waals surface area (Å²) in [5.41, 5.74) is 1.64. The third-order valence-electron chi connectivity index (χ3n) is 5.63. The van der Waals surface area contributed by atoms with Gasteiger partial charge in [-0.1, -0.05) is 25.0 Å². The lowest BCUT2D eigenvalue weighted by molar-refractivity contribution is -0.127. The van der Waals surface area contributed by atoms with Crippen molar-refractivity contribution in [2.24, 2.45) is 11.8 Å². The van der Waals surface area contributed by atoms with E-state index in [0.29, 0.717) is 11.9 Å². The molecular formula is C21H23N5O2. The fraction of sp³-hybridized carbons (Fsp3) is 0.476. The quantitative estimate of drug-likeness (QED) is 0.831. The first-order valence-electron chi connectivity index (χ1n) is 9.88. The van der Waals surface area contributed by atoms with Crippen molar-refractivity contribution in [3.8, 4) is 6.07 Å². The molecule has 2 aliphatic carbocycles. The Labute approximate surface area is 163 Å². The summed E-state index contributed by atoms with van der Waals surface area (Å²) in [5.74, 6) is -0.491. The molecular weight excluding hydrogens is 354 g/mol. The van der Waals surface area contributed by atoms with Crippen molar-refractivity contribution >= 4 is 22.8 Å². The fourth-order valence-electron chi connectivity index (χ4n) is 3.87. The second-order valence-electron chi connectivity index (χ2n) is 7.67. The topological polar surface area (TPSA) is 108 Å². The highest BCUT2D eigenvalue weighted by molar-refractivity contribution is 5.94. The third kappa shape index (κ3) is 3.96. The first kappa shape index (κ1) is 18.4. The van der Waals surface area contributed by atoms with Gasteiger partial charge in [-0.25, -0.2) is 4.98 Å². The first-order valence-corrected chi connectivity index (χ1v) is 9.88. The van der Waals surface area contributed by atoms with Crippen molar-refractivity contribution in [1.82, 2.24) is 20.6 Å². The summed E-state index contributed by atoms with van der Waals surface area (Å²) in [4.78, 5) is 34.2. The van der Waals surface area contributed by atoms with E-state index in [0.717, 1.165) is 37.6 Å². The molecule has 1 aromatic heterocycles. The number of hydrogen-bond donors (Lipinski definition) is 2. The van der Waals surface area contributed by atoms with Crippen LogP contribution in [0, 0.1) is 23.2 Å². The highest BCUT2D eigenvalue weighted by Gasteiger charge is 2.37. The SMILES string of the molecule is N#CC(NC(=O)[C@@H]1CCCC[C@@H]1NC(=O)c1cnc2ccccc2n1)C1CC1. The molecule has 2 N–H and O–H groups in total. The number of rotatable bonds is 5. The van der Waals surface area contributed by atoms with Crippen molar-refractivity contribution in [2.45, 2.75) is 50.6 Å². The maximum Gasteiger partial charge on any atom is 0.271 e. The molecule has 1 heterocycles. The van der Waals surface area contributed by atoms with Gasteiger partial charge in [0.25, 0.3) is 5.91 Å². The largest absolute Gasteiger partial charge is 0.347 e. The van der Waals surface area contributed by atoms with Gasteiger partial charge >= 0.3 is 0 Å². The molecule has 4 rings (SSSR count). The van der Waals surface area contributed by atoms with Crippen LogP contribution < -0.4 is 10.6 Å². The van der Waals surface area contributed by atoms with Gasteiger partial charge in [-0.05, 0) is 43.7 Å². The summed E-state index contributed by atoms with van der Waals surface area (Å²) in [6, 6.07) is 8.90. The molecule has 0 bridgehead atoms. The van der Waals surface area contributed by atoms with Crippen LogP contribution in [0.3, 0.4) is 0 Å². The molecule has 2 fully saturated rings. The highest BCUT2D eigenvalue weighted by Crippen LogP contribution is 2.33. The number of nitrogens with zero attached hydrogens (tertiary/aromatic N) is 3. The Balaban J connectivity index is 1.45.